The Morgan fingerprint density at radius 3 is 2.89 bits per heavy atom. The second-order valence-electron chi connectivity index (χ2n) is 5.17. The maximum Gasteiger partial charge on any atom is 0.339 e. The number of nitrogens with one attached hydrogen (secondary N) is 1. The first-order chi connectivity index (χ1) is 9.08. The van der Waals surface area contributed by atoms with E-state index < -0.39 is 5.97 Å². The maximum atomic E-state index is 11.1. The van der Waals surface area contributed by atoms with Crippen molar-refractivity contribution in [2.45, 2.75) is 38.7 Å². The lowest BCUT2D eigenvalue weighted by Crippen LogP contribution is -2.30. The van der Waals surface area contributed by atoms with E-state index >= 15 is 0 Å². The van der Waals surface area contributed by atoms with Crippen molar-refractivity contribution in [2.75, 3.05) is 11.9 Å². The van der Waals surface area contributed by atoms with Crippen molar-refractivity contribution in [3.63, 3.8) is 0 Å². The molecule has 1 fully saturated rings. The molecule has 3 N–H and O–H groups in total. The van der Waals surface area contributed by atoms with Crippen molar-refractivity contribution in [2.24, 2.45) is 5.92 Å². The summed E-state index contributed by atoms with van der Waals surface area (Å²) < 4.78 is 0. The lowest BCUT2D eigenvalue weighted by molar-refractivity contribution is 0.0697. The number of pyridine rings is 1. The molecule has 1 aliphatic rings. The smallest absolute Gasteiger partial charge is 0.339 e. The van der Waals surface area contributed by atoms with E-state index in [0.29, 0.717) is 12.2 Å². The van der Waals surface area contributed by atoms with Crippen molar-refractivity contribution in [3.8, 4) is 0 Å². The van der Waals surface area contributed by atoms with Crippen LogP contribution in [0.1, 0.15) is 41.7 Å². The first-order valence-electron chi connectivity index (χ1n) is 6.70. The van der Waals surface area contributed by atoms with Crippen LogP contribution in [0.4, 0.5) is 5.69 Å². The molecule has 0 saturated heterocycles. The van der Waals surface area contributed by atoms with Crippen molar-refractivity contribution in [1.82, 2.24) is 4.98 Å². The monoisotopic (exact) mass is 264 g/mol. The number of aromatic nitrogens is 1. The minimum atomic E-state index is -0.987. The number of nitrogens with zero attached hydrogens (tertiary/aromatic N) is 1. The summed E-state index contributed by atoms with van der Waals surface area (Å²) in [7, 11) is 0. The molecule has 5 heteroatoms. The molecule has 0 spiro atoms. The molecule has 5 nitrogen and oxygen atoms in total. The molecular weight excluding hydrogens is 244 g/mol. The van der Waals surface area contributed by atoms with Crippen LogP contribution in [0.25, 0.3) is 0 Å². The fraction of sp³-hybridized carbons (Fsp3) is 0.571. The number of carbonyl (C=O) groups is 1. The maximum absolute atomic E-state index is 11.1. The van der Waals surface area contributed by atoms with Crippen LogP contribution in [0.15, 0.2) is 12.3 Å². The highest BCUT2D eigenvalue weighted by Gasteiger charge is 2.23. The van der Waals surface area contributed by atoms with Crippen LogP contribution in [-0.4, -0.2) is 33.8 Å². The van der Waals surface area contributed by atoms with Crippen molar-refractivity contribution in [1.29, 1.82) is 0 Å². The standard InChI is InChI=1S/C14H20N2O3/c1-9-6-12(11(8-15-9)14(18)19)16-7-10-4-2-3-5-13(10)17/h6,8,10,13,17H,2-5,7H2,1H3,(H,15,16)(H,18,19). The fourth-order valence-corrected chi connectivity index (χ4v) is 2.54. The van der Waals surface area contributed by atoms with E-state index in [-0.39, 0.29) is 17.6 Å². The Kier molecular flexibility index (Phi) is 4.37. The van der Waals surface area contributed by atoms with Crippen molar-refractivity contribution < 1.29 is 15.0 Å². The van der Waals surface area contributed by atoms with Gasteiger partial charge >= 0.3 is 5.97 Å². The second kappa shape index (κ2) is 6.02. The molecule has 1 aromatic rings. The van der Waals surface area contributed by atoms with Gasteiger partial charge in [-0.15, -0.1) is 0 Å². The van der Waals surface area contributed by atoms with Gasteiger partial charge in [-0.2, -0.15) is 0 Å². The third-order valence-corrected chi connectivity index (χ3v) is 3.69. The highest BCUT2D eigenvalue weighted by Crippen LogP contribution is 2.25. The normalized spacial score (nSPS) is 23.1. The summed E-state index contributed by atoms with van der Waals surface area (Å²) in [6.07, 6.45) is 5.13. The van der Waals surface area contributed by atoms with Crippen LogP contribution in [0.3, 0.4) is 0 Å². The first kappa shape index (κ1) is 13.8. The minimum absolute atomic E-state index is 0.177. The number of aliphatic hydroxyl groups excluding tert-OH is 1. The van der Waals surface area contributed by atoms with Crippen LogP contribution >= 0.6 is 0 Å². The summed E-state index contributed by atoms with van der Waals surface area (Å²) in [4.78, 5) is 15.1. The van der Waals surface area contributed by atoms with Gasteiger partial charge in [-0.05, 0) is 25.8 Å². The third-order valence-electron chi connectivity index (χ3n) is 3.69. The predicted octanol–water partition coefficient (Wildman–Crippen LogP) is 2.05. The van der Waals surface area contributed by atoms with Gasteiger partial charge in [0.25, 0.3) is 0 Å². The molecule has 19 heavy (non-hydrogen) atoms. The van der Waals surface area contributed by atoms with E-state index in [1.165, 1.54) is 6.20 Å². The van der Waals surface area contributed by atoms with Crippen molar-refractivity contribution >= 4 is 11.7 Å². The number of hydrogen-bond acceptors (Lipinski definition) is 4. The van der Waals surface area contributed by atoms with E-state index in [9.17, 15) is 9.90 Å². The van der Waals surface area contributed by atoms with Crippen LogP contribution < -0.4 is 5.32 Å². The number of aliphatic hydroxyl groups is 1. The van der Waals surface area contributed by atoms with Gasteiger partial charge < -0.3 is 15.5 Å². The second-order valence-corrected chi connectivity index (χ2v) is 5.17. The van der Waals surface area contributed by atoms with Gasteiger partial charge in [0.1, 0.15) is 5.56 Å². The Morgan fingerprint density at radius 1 is 1.47 bits per heavy atom. The molecule has 1 aromatic heterocycles. The Morgan fingerprint density at radius 2 is 2.21 bits per heavy atom. The van der Waals surface area contributed by atoms with Crippen LogP contribution in [0.2, 0.25) is 0 Å². The Hall–Kier alpha value is -1.62. The Balaban J connectivity index is 2.05. The molecule has 0 radical (unpaired) electrons. The van der Waals surface area contributed by atoms with Gasteiger partial charge in [-0.25, -0.2) is 4.79 Å². The predicted molar refractivity (Wildman–Crippen MR) is 72.4 cm³/mol. The van der Waals surface area contributed by atoms with E-state index in [4.69, 9.17) is 5.11 Å². The van der Waals surface area contributed by atoms with E-state index in [2.05, 4.69) is 10.3 Å². The lowest BCUT2D eigenvalue weighted by atomic mass is 9.86. The first-order valence-corrected chi connectivity index (χ1v) is 6.70. The number of aryl methyl sites for hydroxylation is 1. The highest BCUT2D eigenvalue weighted by atomic mass is 16.4. The molecule has 1 heterocycles. The molecule has 1 saturated carbocycles. The van der Waals surface area contributed by atoms with Crippen LogP contribution in [0.5, 0.6) is 0 Å². The molecule has 2 atom stereocenters. The summed E-state index contributed by atoms with van der Waals surface area (Å²) in [6.45, 7) is 2.43. The minimum Gasteiger partial charge on any atom is -0.478 e. The zero-order valence-electron chi connectivity index (χ0n) is 11.1. The Labute approximate surface area is 112 Å². The largest absolute Gasteiger partial charge is 0.478 e. The molecule has 0 amide bonds. The summed E-state index contributed by atoms with van der Waals surface area (Å²) in [5.41, 5.74) is 1.53. The third kappa shape index (κ3) is 3.44. The molecule has 1 aliphatic carbocycles. The molecule has 0 aromatic carbocycles. The van der Waals surface area contributed by atoms with Crippen LogP contribution in [-0.2, 0) is 0 Å². The fourth-order valence-electron chi connectivity index (χ4n) is 2.54. The molecule has 0 bridgehead atoms. The number of rotatable bonds is 4. The van der Waals surface area contributed by atoms with Gasteiger partial charge in [0.2, 0.25) is 0 Å². The number of carboxylic acids is 1. The van der Waals surface area contributed by atoms with Crippen molar-refractivity contribution in [3.05, 3.63) is 23.5 Å². The molecule has 104 valence electrons. The number of hydrogen-bond donors (Lipinski definition) is 3. The van der Waals surface area contributed by atoms with Gasteiger partial charge in [0.15, 0.2) is 0 Å². The summed E-state index contributed by atoms with van der Waals surface area (Å²) in [6, 6.07) is 1.73. The molecular formula is C14H20N2O3. The quantitative estimate of drug-likeness (QED) is 0.775. The molecule has 2 rings (SSSR count). The zero-order chi connectivity index (χ0) is 13.8. The average Bonchev–Trinajstić information content (AvgIpc) is 2.37. The topological polar surface area (TPSA) is 82.5 Å². The molecule has 0 aliphatic heterocycles. The highest BCUT2D eigenvalue weighted by molar-refractivity contribution is 5.93. The van der Waals surface area contributed by atoms with E-state index in [1.54, 1.807) is 6.07 Å². The SMILES string of the molecule is Cc1cc(NCC2CCCCC2O)c(C(=O)O)cn1. The van der Waals surface area contributed by atoms with E-state index in [0.717, 1.165) is 31.4 Å². The number of aromatic carboxylic acids is 1. The van der Waals surface area contributed by atoms with Gasteiger partial charge in [0.05, 0.1) is 11.8 Å². The molecule has 2 unspecified atom stereocenters. The Bertz CT molecular complexity index is 462. The van der Waals surface area contributed by atoms with E-state index in [1.807, 2.05) is 6.92 Å². The van der Waals surface area contributed by atoms with Gasteiger partial charge in [0, 0.05) is 24.4 Å². The summed E-state index contributed by atoms with van der Waals surface area (Å²) in [5.74, 6) is -0.789. The number of carboxylic acid groups (broad SMARTS) is 1. The summed E-state index contributed by atoms with van der Waals surface area (Å²) in [5, 5.41) is 22.2. The number of anilines is 1. The van der Waals surface area contributed by atoms with Gasteiger partial charge in [-0.1, -0.05) is 12.8 Å². The summed E-state index contributed by atoms with van der Waals surface area (Å²) >= 11 is 0. The lowest BCUT2D eigenvalue weighted by Gasteiger charge is -2.28. The van der Waals surface area contributed by atoms with Gasteiger partial charge in [-0.3, -0.25) is 4.98 Å². The van der Waals surface area contributed by atoms with Crippen LogP contribution in [0, 0.1) is 12.8 Å². The average molecular weight is 264 g/mol. The zero-order valence-corrected chi connectivity index (χ0v) is 11.1.